The maximum absolute atomic E-state index is 11.9. The first-order chi connectivity index (χ1) is 7.57. The van der Waals surface area contributed by atoms with Crippen LogP contribution in [0.5, 0.6) is 0 Å². The molecule has 0 aliphatic carbocycles. The second kappa shape index (κ2) is 5.81. The normalized spacial score (nSPS) is 22.7. The lowest BCUT2D eigenvalue weighted by molar-refractivity contribution is -0.154. The van der Waals surface area contributed by atoms with Crippen LogP contribution in [-0.4, -0.2) is 55.2 Å². The molecule has 0 aromatic carbocycles. The molecule has 0 aromatic rings. The molecule has 0 aromatic heterocycles. The molecule has 6 heteroatoms. The first kappa shape index (κ1) is 12.9. The Labute approximate surface area is 94.7 Å². The lowest BCUT2D eigenvalue weighted by atomic mass is 10.2. The van der Waals surface area contributed by atoms with Gasteiger partial charge in [0.15, 0.2) is 6.04 Å². The van der Waals surface area contributed by atoms with Gasteiger partial charge in [0.25, 0.3) is 5.91 Å². The molecule has 92 valence electrons. The standard InChI is InChI=1S/C10H18N2O4/c1-3-16-10(14)8(11)9(13)12-4-5-15-6-7(12)2/h7-8H,3-6,11H2,1-2H3. The predicted molar refractivity (Wildman–Crippen MR) is 56.6 cm³/mol. The van der Waals surface area contributed by atoms with Crippen LogP contribution < -0.4 is 5.73 Å². The van der Waals surface area contributed by atoms with E-state index in [0.29, 0.717) is 19.8 Å². The van der Waals surface area contributed by atoms with Crippen molar-refractivity contribution in [3.8, 4) is 0 Å². The van der Waals surface area contributed by atoms with E-state index in [2.05, 4.69) is 0 Å². The first-order valence-corrected chi connectivity index (χ1v) is 5.38. The van der Waals surface area contributed by atoms with Crippen LogP contribution in [0, 0.1) is 0 Å². The summed E-state index contributed by atoms with van der Waals surface area (Å²) in [6.07, 6.45) is 0. The average Bonchev–Trinajstić information content (AvgIpc) is 2.28. The molecule has 1 fully saturated rings. The van der Waals surface area contributed by atoms with Crippen molar-refractivity contribution < 1.29 is 19.1 Å². The van der Waals surface area contributed by atoms with Gasteiger partial charge in [-0.25, -0.2) is 4.79 Å². The van der Waals surface area contributed by atoms with Crippen molar-refractivity contribution in [2.75, 3.05) is 26.4 Å². The number of carbonyl (C=O) groups excluding carboxylic acids is 2. The molecular weight excluding hydrogens is 212 g/mol. The molecule has 0 spiro atoms. The van der Waals surface area contributed by atoms with Gasteiger partial charge in [0.05, 0.1) is 25.9 Å². The lowest BCUT2D eigenvalue weighted by Crippen LogP contribution is -2.55. The summed E-state index contributed by atoms with van der Waals surface area (Å²) in [6, 6.07) is -1.28. The van der Waals surface area contributed by atoms with E-state index >= 15 is 0 Å². The zero-order chi connectivity index (χ0) is 12.1. The van der Waals surface area contributed by atoms with E-state index in [4.69, 9.17) is 15.2 Å². The van der Waals surface area contributed by atoms with E-state index in [-0.39, 0.29) is 12.6 Å². The van der Waals surface area contributed by atoms with Gasteiger partial charge >= 0.3 is 5.97 Å². The van der Waals surface area contributed by atoms with Crippen LogP contribution in [0.15, 0.2) is 0 Å². The number of morpholine rings is 1. The van der Waals surface area contributed by atoms with E-state index in [1.807, 2.05) is 6.92 Å². The largest absolute Gasteiger partial charge is 0.464 e. The zero-order valence-corrected chi connectivity index (χ0v) is 9.64. The molecule has 16 heavy (non-hydrogen) atoms. The van der Waals surface area contributed by atoms with Gasteiger partial charge in [0.2, 0.25) is 0 Å². The molecule has 1 amide bonds. The molecule has 1 heterocycles. The summed E-state index contributed by atoms with van der Waals surface area (Å²) in [5, 5.41) is 0. The van der Waals surface area contributed by atoms with Crippen molar-refractivity contribution in [3.63, 3.8) is 0 Å². The molecule has 2 atom stereocenters. The summed E-state index contributed by atoms with van der Waals surface area (Å²) in [4.78, 5) is 24.7. The Hall–Kier alpha value is -1.14. The minimum absolute atomic E-state index is 0.0540. The van der Waals surface area contributed by atoms with E-state index in [1.165, 1.54) is 0 Å². The van der Waals surface area contributed by atoms with Crippen LogP contribution in [-0.2, 0) is 19.1 Å². The number of rotatable bonds is 3. The number of esters is 1. The summed E-state index contributed by atoms with van der Waals surface area (Å²) in [5.41, 5.74) is 5.53. The van der Waals surface area contributed by atoms with Gasteiger partial charge in [0.1, 0.15) is 0 Å². The highest BCUT2D eigenvalue weighted by molar-refractivity contribution is 6.01. The maximum Gasteiger partial charge on any atom is 0.332 e. The van der Waals surface area contributed by atoms with Crippen LogP contribution in [0.2, 0.25) is 0 Å². The highest BCUT2D eigenvalue weighted by Crippen LogP contribution is 2.08. The molecule has 6 nitrogen and oxygen atoms in total. The van der Waals surface area contributed by atoms with E-state index in [9.17, 15) is 9.59 Å². The van der Waals surface area contributed by atoms with Gasteiger partial charge in [-0.15, -0.1) is 0 Å². The number of hydrogen-bond acceptors (Lipinski definition) is 5. The Bertz CT molecular complexity index is 270. The quantitative estimate of drug-likeness (QED) is 0.503. The smallest absolute Gasteiger partial charge is 0.332 e. The van der Waals surface area contributed by atoms with Crippen molar-refractivity contribution in [2.45, 2.75) is 25.9 Å². The molecule has 1 saturated heterocycles. The topological polar surface area (TPSA) is 81.9 Å². The summed E-state index contributed by atoms with van der Waals surface area (Å²) in [5.74, 6) is -1.07. The molecule has 2 N–H and O–H groups in total. The Morgan fingerprint density at radius 1 is 1.62 bits per heavy atom. The van der Waals surface area contributed by atoms with Crippen LogP contribution in [0.25, 0.3) is 0 Å². The van der Waals surface area contributed by atoms with E-state index in [1.54, 1.807) is 11.8 Å². The molecule has 1 rings (SSSR count). The average molecular weight is 230 g/mol. The maximum atomic E-state index is 11.9. The Morgan fingerprint density at radius 2 is 2.31 bits per heavy atom. The second-order valence-corrected chi connectivity index (χ2v) is 3.69. The van der Waals surface area contributed by atoms with E-state index in [0.717, 1.165) is 0 Å². The molecule has 2 unspecified atom stereocenters. The summed E-state index contributed by atoms with van der Waals surface area (Å²) >= 11 is 0. The Kier molecular flexibility index (Phi) is 4.70. The fourth-order valence-electron chi connectivity index (χ4n) is 1.57. The minimum Gasteiger partial charge on any atom is -0.464 e. The molecular formula is C10H18N2O4. The summed E-state index contributed by atoms with van der Waals surface area (Å²) in [6.45, 7) is 5.17. The van der Waals surface area contributed by atoms with Gasteiger partial charge in [-0.2, -0.15) is 0 Å². The number of ether oxygens (including phenoxy) is 2. The SMILES string of the molecule is CCOC(=O)C(N)C(=O)N1CCOCC1C. The van der Waals surface area contributed by atoms with Gasteiger partial charge in [-0.1, -0.05) is 0 Å². The zero-order valence-electron chi connectivity index (χ0n) is 9.64. The van der Waals surface area contributed by atoms with Crippen molar-refractivity contribution in [2.24, 2.45) is 5.73 Å². The highest BCUT2D eigenvalue weighted by Gasteiger charge is 2.32. The minimum atomic E-state index is -1.22. The van der Waals surface area contributed by atoms with Gasteiger partial charge in [0, 0.05) is 6.54 Å². The third-order valence-corrected chi connectivity index (χ3v) is 2.46. The van der Waals surface area contributed by atoms with Gasteiger partial charge in [-0.05, 0) is 13.8 Å². The van der Waals surface area contributed by atoms with Gasteiger partial charge in [-0.3, -0.25) is 4.79 Å². The number of nitrogens with zero attached hydrogens (tertiary/aromatic N) is 1. The van der Waals surface area contributed by atoms with Crippen molar-refractivity contribution in [1.82, 2.24) is 4.90 Å². The van der Waals surface area contributed by atoms with Crippen molar-refractivity contribution >= 4 is 11.9 Å². The molecule has 0 radical (unpaired) electrons. The molecule has 0 bridgehead atoms. The third kappa shape index (κ3) is 2.93. The monoisotopic (exact) mass is 230 g/mol. The number of hydrogen-bond donors (Lipinski definition) is 1. The van der Waals surface area contributed by atoms with Gasteiger partial charge < -0.3 is 20.1 Å². The molecule has 1 aliphatic rings. The second-order valence-electron chi connectivity index (χ2n) is 3.69. The summed E-state index contributed by atoms with van der Waals surface area (Å²) < 4.78 is 9.91. The fourth-order valence-corrected chi connectivity index (χ4v) is 1.57. The van der Waals surface area contributed by atoms with Crippen LogP contribution in [0.4, 0.5) is 0 Å². The number of nitrogens with two attached hydrogens (primary N) is 1. The first-order valence-electron chi connectivity index (χ1n) is 5.38. The van der Waals surface area contributed by atoms with Crippen LogP contribution >= 0.6 is 0 Å². The van der Waals surface area contributed by atoms with Crippen molar-refractivity contribution in [1.29, 1.82) is 0 Å². The van der Waals surface area contributed by atoms with Crippen molar-refractivity contribution in [3.05, 3.63) is 0 Å². The molecule has 1 aliphatic heterocycles. The summed E-state index contributed by atoms with van der Waals surface area (Å²) in [7, 11) is 0. The Morgan fingerprint density at radius 3 is 2.88 bits per heavy atom. The predicted octanol–water partition coefficient (Wildman–Crippen LogP) is -0.876. The fraction of sp³-hybridized carbons (Fsp3) is 0.800. The van der Waals surface area contributed by atoms with Crippen LogP contribution in [0.1, 0.15) is 13.8 Å². The Balaban J connectivity index is 2.58. The third-order valence-electron chi connectivity index (χ3n) is 2.46. The number of carbonyl (C=O) groups is 2. The number of amides is 1. The molecule has 0 saturated carbocycles. The van der Waals surface area contributed by atoms with Crippen LogP contribution in [0.3, 0.4) is 0 Å². The lowest BCUT2D eigenvalue weighted by Gasteiger charge is -2.34. The van der Waals surface area contributed by atoms with E-state index < -0.39 is 17.9 Å². The highest BCUT2D eigenvalue weighted by atomic mass is 16.5.